The zero-order valence-electron chi connectivity index (χ0n) is 45.2. The van der Waals surface area contributed by atoms with Crippen molar-refractivity contribution < 1.29 is 91.7 Å². The molecule has 2 saturated heterocycles. The number of likely N-dealkylation sites (N-methyl/N-ethyl adjacent to an activating group) is 1. The van der Waals surface area contributed by atoms with Crippen LogP contribution in [-0.4, -0.2) is 164 Å². The Morgan fingerprint density at radius 1 is 1.05 bits per heavy atom. The molecule has 2 aliphatic rings. The van der Waals surface area contributed by atoms with Gasteiger partial charge < -0.3 is 79.1 Å². The molecule has 0 saturated carbocycles. The number of phosphoric acid groups is 2. The standard InChI is InChI=1S/C50H86N4O18P2/c1-29(26-51-10)17-15-18-30(2)32(4)23-33(5)42(57)35(7)38(55)24-41(67-14)45-46(71-74(64,65)72-73(61,62)63)49(8,9)50(70-45)25-39(56)34(6)40(69-50)20-16-19-36-27-68-48(53-36)31(3)21-22-52-47(60)44(59)43(58)37(28-66-13)54(11)12/h15-19,23,26-27,31,33-35,37-46,55-59H,10,20-22,24-25,28,51H2,1-9,11-14H3,(H,52,60)(H,64,65)(H2,61,62,63). The van der Waals surface area contributed by atoms with Crippen molar-refractivity contribution in [2.45, 2.75) is 161 Å². The molecule has 0 aromatic carbocycles. The van der Waals surface area contributed by atoms with Crippen molar-refractivity contribution in [1.29, 1.82) is 0 Å². The molecule has 2 fully saturated rings. The lowest BCUT2D eigenvalue weighted by atomic mass is 9.72. The van der Waals surface area contributed by atoms with Crippen LogP contribution in [0.3, 0.4) is 0 Å². The van der Waals surface area contributed by atoms with Gasteiger partial charge in [0.15, 0.2) is 17.8 Å². The van der Waals surface area contributed by atoms with E-state index < -0.39 is 111 Å². The first-order valence-corrected chi connectivity index (χ1v) is 27.8. The average molecular weight is 1090 g/mol. The molecule has 1 spiro atoms. The third-order valence-electron chi connectivity index (χ3n) is 14.3. The van der Waals surface area contributed by atoms with Crippen LogP contribution >= 0.6 is 15.6 Å². The van der Waals surface area contributed by atoms with E-state index in [4.69, 9.17) is 27.9 Å². The molecule has 2 aliphatic heterocycles. The molecule has 3 heterocycles. The number of quaternary nitrogens is 1. The van der Waals surface area contributed by atoms with E-state index in [2.05, 4.69) is 21.7 Å². The summed E-state index contributed by atoms with van der Waals surface area (Å²) in [6, 6.07) is -0.611. The summed E-state index contributed by atoms with van der Waals surface area (Å²) in [5.41, 5.74) is 1.88. The maximum Gasteiger partial charge on any atom is 0.481 e. The van der Waals surface area contributed by atoms with Crippen LogP contribution in [-0.2, 0) is 41.7 Å². The van der Waals surface area contributed by atoms with Gasteiger partial charge in [-0.05, 0) is 64.9 Å². The van der Waals surface area contributed by atoms with Crippen molar-refractivity contribution in [3.05, 3.63) is 78.2 Å². The molecule has 1 amide bonds. The molecule has 424 valence electrons. The number of nitrogens with zero attached hydrogens (tertiary/aromatic N) is 2. The summed E-state index contributed by atoms with van der Waals surface area (Å²) >= 11 is 0. The van der Waals surface area contributed by atoms with E-state index in [0.29, 0.717) is 18.0 Å². The predicted octanol–water partition coefficient (Wildman–Crippen LogP) is 3.59. The summed E-state index contributed by atoms with van der Waals surface area (Å²) < 4.78 is 65.1. The number of ether oxygens (including phenoxy) is 4. The second-order valence-corrected chi connectivity index (χ2v) is 23.3. The van der Waals surface area contributed by atoms with Crippen LogP contribution in [0.4, 0.5) is 0 Å². The Bertz CT molecular complexity index is 2200. The second-order valence-electron chi connectivity index (χ2n) is 20.6. The van der Waals surface area contributed by atoms with Gasteiger partial charge in [-0.15, -0.1) is 7.05 Å². The molecular weight excluding hydrogens is 1010 g/mol. The van der Waals surface area contributed by atoms with Crippen LogP contribution in [0.2, 0.25) is 0 Å². The highest BCUT2D eigenvalue weighted by molar-refractivity contribution is 7.60. The normalized spacial score (nSPS) is 27.8. The SMILES string of the molecule is [CH2-][NH2+]C=C(C)C=CC=C(C)C(C)=CC(C)C(O)C(C)C(O)CC(OC)C1OC2(CC(O)C(C)C(CC=Cc3coc(C(C)CCNC(=O)C(O)C(O)C(COC)N(C)C)n3)O2)C(C)(C)C1OP(=O)(O)OP(=O)(O)O. The monoisotopic (exact) mass is 1090 g/mol. The van der Waals surface area contributed by atoms with Crippen molar-refractivity contribution in [1.82, 2.24) is 15.2 Å². The topological polar surface area (TPSA) is 326 Å². The number of hydrogen-bond donors (Lipinski definition) is 10. The number of oxazole rings is 1. The Morgan fingerprint density at radius 3 is 2.31 bits per heavy atom. The third-order valence-corrected chi connectivity index (χ3v) is 16.5. The lowest BCUT2D eigenvalue weighted by Crippen LogP contribution is -2.69. The molecule has 74 heavy (non-hydrogen) atoms. The highest BCUT2D eigenvalue weighted by Gasteiger charge is 2.68. The minimum absolute atomic E-state index is 0.106. The Labute approximate surface area is 436 Å². The van der Waals surface area contributed by atoms with Gasteiger partial charge >= 0.3 is 15.6 Å². The molecule has 3 rings (SSSR count). The van der Waals surface area contributed by atoms with Gasteiger partial charge in [0.05, 0.1) is 49.4 Å². The number of aliphatic hydroxyl groups excluding tert-OH is 5. The number of amides is 1. The lowest BCUT2D eigenvalue weighted by Gasteiger charge is -2.50. The van der Waals surface area contributed by atoms with Gasteiger partial charge in [0.1, 0.15) is 30.3 Å². The first kappa shape index (κ1) is 65.5. The van der Waals surface area contributed by atoms with E-state index in [0.717, 1.165) is 16.7 Å². The average Bonchev–Trinajstić information content (AvgIpc) is 3.86. The third kappa shape index (κ3) is 18.1. The number of carbonyl (C=O) groups is 1. The number of aliphatic hydroxyl groups is 5. The summed E-state index contributed by atoms with van der Waals surface area (Å²) in [5, 5.41) is 60.2. The van der Waals surface area contributed by atoms with Gasteiger partial charge in [-0.1, -0.05) is 77.5 Å². The zero-order chi connectivity index (χ0) is 56.1. The van der Waals surface area contributed by atoms with Crippen molar-refractivity contribution in [2.75, 3.05) is 41.5 Å². The minimum Gasteiger partial charge on any atom is -0.452 e. The van der Waals surface area contributed by atoms with Gasteiger partial charge in [-0.3, -0.25) is 9.32 Å². The Morgan fingerprint density at radius 2 is 1.72 bits per heavy atom. The van der Waals surface area contributed by atoms with Crippen LogP contribution in [0.15, 0.2) is 64.0 Å². The quantitative estimate of drug-likeness (QED) is 0.0311. The van der Waals surface area contributed by atoms with Crippen LogP contribution in [0.5, 0.6) is 0 Å². The Kier molecular flexibility index (Phi) is 25.4. The molecule has 0 bridgehead atoms. The van der Waals surface area contributed by atoms with Crippen LogP contribution in [0.1, 0.15) is 105 Å². The molecule has 22 nitrogen and oxygen atoms in total. The fraction of sp³-hybridized carbons (Fsp3) is 0.700. The molecular formula is C50H86N4O18P2. The summed E-state index contributed by atoms with van der Waals surface area (Å²) in [7, 11) is -1.25. The summed E-state index contributed by atoms with van der Waals surface area (Å²) in [5.74, 6) is -4.05. The molecule has 16 atom stereocenters. The fourth-order valence-electron chi connectivity index (χ4n) is 9.20. The summed E-state index contributed by atoms with van der Waals surface area (Å²) in [6.07, 6.45) is 3.44. The van der Waals surface area contributed by atoms with Crippen molar-refractivity contribution in [3.8, 4) is 0 Å². The van der Waals surface area contributed by atoms with E-state index in [1.54, 1.807) is 64.2 Å². The fourth-order valence-corrected chi connectivity index (χ4v) is 11.1. The number of rotatable bonds is 29. The van der Waals surface area contributed by atoms with Gasteiger partial charge in [0.2, 0.25) is 0 Å². The Hall–Kier alpha value is -2.80. The number of nitrogens with one attached hydrogen (secondary N) is 1. The van der Waals surface area contributed by atoms with E-state index in [-0.39, 0.29) is 38.3 Å². The van der Waals surface area contributed by atoms with Gasteiger partial charge in [0, 0.05) is 62.7 Å². The summed E-state index contributed by atoms with van der Waals surface area (Å²) in [4.78, 5) is 48.6. The first-order chi connectivity index (χ1) is 34.3. The first-order valence-electron chi connectivity index (χ1n) is 24.8. The van der Waals surface area contributed by atoms with Gasteiger partial charge in [-0.25, -0.2) is 14.1 Å². The number of carbonyl (C=O) groups excluding carboxylic acids is 1. The van der Waals surface area contributed by atoms with E-state index in [9.17, 15) is 54.1 Å². The molecule has 16 unspecified atom stereocenters. The van der Waals surface area contributed by atoms with Gasteiger partial charge in [-0.2, -0.15) is 4.31 Å². The number of methoxy groups -OCH3 is 2. The highest BCUT2D eigenvalue weighted by Crippen LogP contribution is 2.63. The van der Waals surface area contributed by atoms with Crippen molar-refractivity contribution in [3.63, 3.8) is 0 Å². The lowest BCUT2D eigenvalue weighted by molar-refractivity contribution is -0.522. The molecule has 0 radical (unpaired) electrons. The Balaban J connectivity index is 1.82. The van der Waals surface area contributed by atoms with Crippen LogP contribution in [0.25, 0.3) is 6.08 Å². The van der Waals surface area contributed by atoms with Crippen LogP contribution < -0.4 is 10.6 Å². The maximum atomic E-state index is 13.3. The number of allylic oxidation sites excluding steroid dienone is 6. The van der Waals surface area contributed by atoms with E-state index in [1.165, 1.54) is 20.5 Å². The number of phosphoric ester groups is 1. The molecule has 1 aromatic heterocycles. The number of nitrogens with two attached hydrogens (primary N) is 1. The van der Waals surface area contributed by atoms with Crippen LogP contribution in [0, 0.1) is 30.2 Å². The van der Waals surface area contributed by atoms with Gasteiger partial charge in [0.25, 0.3) is 5.91 Å². The summed E-state index contributed by atoms with van der Waals surface area (Å²) in [6.45, 7) is 16.4. The smallest absolute Gasteiger partial charge is 0.452 e. The zero-order valence-corrected chi connectivity index (χ0v) is 47.0. The highest BCUT2D eigenvalue weighted by atomic mass is 31.3. The molecule has 1 aromatic rings. The second kappa shape index (κ2) is 28.7. The molecule has 11 N–H and O–H groups in total. The van der Waals surface area contributed by atoms with Crippen molar-refractivity contribution >= 4 is 27.6 Å². The largest absolute Gasteiger partial charge is 0.481 e. The van der Waals surface area contributed by atoms with E-state index >= 15 is 0 Å². The minimum atomic E-state index is -5.58. The van der Waals surface area contributed by atoms with E-state index in [1.807, 2.05) is 65.1 Å². The number of hydrogen-bond acceptors (Lipinski definition) is 17. The number of aromatic nitrogens is 1. The maximum absolute atomic E-state index is 13.3. The predicted molar refractivity (Wildman–Crippen MR) is 275 cm³/mol. The molecule has 0 aliphatic carbocycles. The molecule has 24 heteroatoms. The van der Waals surface area contributed by atoms with Crippen molar-refractivity contribution in [2.24, 2.45) is 23.2 Å².